The molecule has 0 fully saturated rings. The minimum absolute atomic E-state index is 0.0630. The number of rotatable bonds is 6. The molecule has 0 saturated heterocycles. The van der Waals surface area contributed by atoms with Crippen molar-refractivity contribution in [1.29, 1.82) is 0 Å². The van der Waals surface area contributed by atoms with Gasteiger partial charge in [-0.3, -0.25) is 24.2 Å². The summed E-state index contributed by atoms with van der Waals surface area (Å²) in [6.07, 6.45) is -0.659. The summed E-state index contributed by atoms with van der Waals surface area (Å²) in [5.74, 6) is -1.76. The fraction of sp³-hybridized carbons (Fsp3) is 0.138. The Morgan fingerprint density at radius 1 is 0.833 bits per heavy atom. The van der Waals surface area contributed by atoms with E-state index in [4.69, 9.17) is 4.74 Å². The largest absolute Gasteiger partial charge is 0.453 e. The molecule has 1 amide bonds. The number of aryl methyl sites for hydroxylation is 1. The molecular formula is C29H22N2O5. The number of fused-ring (bicyclic) bond motifs is 3. The van der Waals surface area contributed by atoms with Gasteiger partial charge in [0.05, 0.1) is 23.2 Å². The van der Waals surface area contributed by atoms with E-state index in [-0.39, 0.29) is 34.8 Å². The highest BCUT2D eigenvalue weighted by Gasteiger charge is 2.32. The van der Waals surface area contributed by atoms with Crippen molar-refractivity contribution in [2.75, 3.05) is 5.32 Å². The molecular weight excluding hydrogens is 456 g/mol. The quantitative estimate of drug-likeness (QED) is 0.360. The van der Waals surface area contributed by atoms with Gasteiger partial charge in [0, 0.05) is 34.2 Å². The first-order valence-corrected chi connectivity index (χ1v) is 11.6. The fourth-order valence-electron chi connectivity index (χ4n) is 4.27. The first-order chi connectivity index (χ1) is 17.4. The van der Waals surface area contributed by atoms with E-state index >= 15 is 0 Å². The molecule has 5 rings (SSSR count). The third-order valence-corrected chi connectivity index (χ3v) is 6.13. The summed E-state index contributed by atoms with van der Waals surface area (Å²) in [6.45, 7) is 1.46. The van der Waals surface area contributed by atoms with Crippen molar-refractivity contribution in [1.82, 2.24) is 4.98 Å². The Labute approximate surface area is 207 Å². The number of pyridine rings is 1. The molecule has 1 unspecified atom stereocenters. The third kappa shape index (κ3) is 4.38. The van der Waals surface area contributed by atoms with Crippen molar-refractivity contribution < 1.29 is 23.9 Å². The summed E-state index contributed by atoms with van der Waals surface area (Å²) in [4.78, 5) is 55.7. The highest BCUT2D eigenvalue weighted by atomic mass is 16.5. The van der Waals surface area contributed by atoms with E-state index in [9.17, 15) is 19.2 Å². The number of esters is 1. The number of aromatic nitrogens is 1. The van der Waals surface area contributed by atoms with E-state index in [1.165, 1.54) is 6.92 Å². The predicted molar refractivity (Wildman–Crippen MR) is 134 cm³/mol. The number of para-hydroxylation sites is 1. The second kappa shape index (κ2) is 9.54. The smallest absolute Gasteiger partial charge is 0.306 e. The molecule has 178 valence electrons. The molecule has 1 heterocycles. The zero-order valence-corrected chi connectivity index (χ0v) is 19.5. The molecule has 7 heteroatoms. The maximum absolute atomic E-state index is 13.1. The minimum Gasteiger partial charge on any atom is -0.453 e. The summed E-state index contributed by atoms with van der Waals surface area (Å²) in [5.41, 5.74) is 2.79. The number of ether oxygens (including phenoxy) is 1. The standard InChI is InChI=1S/C29H22N2O5/c1-17(36-25(32)16-15-19-14-13-18-7-2-5-11-23(18)30-19)29(35)31-24-12-6-10-22-26(24)28(34)21-9-4-3-8-20(21)27(22)33/h2-14,17H,15-16H2,1H3,(H,31,35). The lowest BCUT2D eigenvalue weighted by Gasteiger charge is -2.21. The Balaban J connectivity index is 1.24. The Bertz CT molecular complexity index is 1540. The van der Waals surface area contributed by atoms with Crippen LogP contribution in [0.1, 0.15) is 50.9 Å². The number of ketones is 2. The first kappa shape index (κ1) is 23.1. The Morgan fingerprint density at radius 3 is 2.33 bits per heavy atom. The number of amides is 1. The van der Waals surface area contributed by atoms with Gasteiger partial charge in [-0.15, -0.1) is 0 Å². The number of carbonyl (C=O) groups is 4. The molecule has 1 aliphatic carbocycles. The number of nitrogens with zero attached hydrogens (tertiary/aromatic N) is 1. The summed E-state index contributed by atoms with van der Waals surface area (Å²) >= 11 is 0. The minimum atomic E-state index is -1.10. The van der Waals surface area contributed by atoms with Crippen LogP contribution in [0.4, 0.5) is 5.69 Å². The number of benzene rings is 3. The monoisotopic (exact) mass is 478 g/mol. The highest BCUT2D eigenvalue weighted by molar-refractivity contribution is 6.30. The van der Waals surface area contributed by atoms with Crippen LogP contribution < -0.4 is 5.32 Å². The molecule has 0 saturated carbocycles. The zero-order valence-electron chi connectivity index (χ0n) is 19.5. The molecule has 36 heavy (non-hydrogen) atoms. The van der Waals surface area contributed by atoms with E-state index in [0.717, 1.165) is 16.6 Å². The molecule has 1 atom stereocenters. The van der Waals surface area contributed by atoms with E-state index in [1.807, 2.05) is 36.4 Å². The van der Waals surface area contributed by atoms with Gasteiger partial charge in [-0.1, -0.05) is 60.7 Å². The number of hydrogen-bond donors (Lipinski definition) is 1. The summed E-state index contributed by atoms with van der Waals surface area (Å²) in [6, 6.07) is 22.8. The van der Waals surface area contributed by atoms with Crippen LogP contribution in [-0.2, 0) is 20.7 Å². The van der Waals surface area contributed by atoms with E-state index < -0.39 is 18.0 Å². The molecule has 0 spiro atoms. The topological polar surface area (TPSA) is 102 Å². The van der Waals surface area contributed by atoms with Gasteiger partial charge in [0.25, 0.3) is 5.91 Å². The number of nitrogens with one attached hydrogen (secondary N) is 1. The van der Waals surface area contributed by atoms with E-state index in [1.54, 1.807) is 42.5 Å². The molecule has 0 bridgehead atoms. The molecule has 7 nitrogen and oxygen atoms in total. The number of carbonyl (C=O) groups excluding carboxylic acids is 4. The normalized spacial score (nSPS) is 13.0. The van der Waals surface area contributed by atoms with Crippen molar-refractivity contribution in [3.05, 3.63) is 107 Å². The summed E-state index contributed by atoms with van der Waals surface area (Å²) in [7, 11) is 0. The van der Waals surface area contributed by atoms with Gasteiger partial charge < -0.3 is 10.1 Å². The third-order valence-electron chi connectivity index (χ3n) is 6.13. The SMILES string of the molecule is CC(OC(=O)CCc1ccc2ccccc2n1)C(=O)Nc1cccc2c1C(=O)c1ccccc1C2=O. The van der Waals surface area contributed by atoms with Crippen LogP contribution in [-0.4, -0.2) is 34.5 Å². The first-order valence-electron chi connectivity index (χ1n) is 11.6. The maximum atomic E-state index is 13.1. The van der Waals surface area contributed by atoms with E-state index in [2.05, 4.69) is 10.3 Å². The van der Waals surface area contributed by atoms with Gasteiger partial charge in [0.1, 0.15) is 0 Å². The van der Waals surface area contributed by atoms with Crippen LogP contribution in [0.5, 0.6) is 0 Å². The van der Waals surface area contributed by atoms with E-state index in [0.29, 0.717) is 17.5 Å². The molecule has 1 aromatic heterocycles. The average molecular weight is 479 g/mol. The highest BCUT2D eigenvalue weighted by Crippen LogP contribution is 2.32. The average Bonchev–Trinajstić information content (AvgIpc) is 2.90. The van der Waals surface area contributed by atoms with Crippen LogP contribution in [0.15, 0.2) is 78.9 Å². The van der Waals surface area contributed by atoms with Crippen LogP contribution in [0, 0.1) is 0 Å². The van der Waals surface area contributed by atoms with Gasteiger partial charge >= 0.3 is 5.97 Å². The fourth-order valence-corrected chi connectivity index (χ4v) is 4.27. The van der Waals surface area contributed by atoms with Crippen LogP contribution >= 0.6 is 0 Å². The van der Waals surface area contributed by atoms with Gasteiger partial charge in [0.15, 0.2) is 17.7 Å². The molecule has 1 N–H and O–H groups in total. The van der Waals surface area contributed by atoms with Crippen molar-refractivity contribution >= 4 is 40.0 Å². The van der Waals surface area contributed by atoms with Gasteiger partial charge in [-0.05, 0) is 25.1 Å². The lowest BCUT2D eigenvalue weighted by Crippen LogP contribution is -2.31. The molecule has 0 radical (unpaired) electrons. The zero-order chi connectivity index (χ0) is 25.2. The van der Waals surface area contributed by atoms with Crippen LogP contribution in [0.3, 0.4) is 0 Å². The van der Waals surface area contributed by atoms with Crippen molar-refractivity contribution in [2.24, 2.45) is 0 Å². The predicted octanol–water partition coefficient (Wildman–Crippen LogP) is 4.51. The van der Waals surface area contributed by atoms with Gasteiger partial charge in [0.2, 0.25) is 0 Å². The van der Waals surface area contributed by atoms with Crippen molar-refractivity contribution in [3.63, 3.8) is 0 Å². The number of anilines is 1. The second-order valence-electron chi connectivity index (χ2n) is 8.55. The Hall–Kier alpha value is -4.65. The molecule has 3 aromatic carbocycles. The second-order valence-corrected chi connectivity index (χ2v) is 8.55. The van der Waals surface area contributed by atoms with Gasteiger partial charge in [-0.25, -0.2) is 0 Å². The molecule has 4 aromatic rings. The number of hydrogen-bond acceptors (Lipinski definition) is 6. The van der Waals surface area contributed by atoms with Crippen LogP contribution in [0.2, 0.25) is 0 Å². The molecule has 0 aliphatic heterocycles. The van der Waals surface area contributed by atoms with Crippen molar-refractivity contribution in [2.45, 2.75) is 25.9 Å². The van der Waals surface area contributed by atoms with Gasteiger partial charge in [-0.2, -0.15) is 0 Å². The maximum Gasteiger partial charge on any atom is 0.306 e. The van der Waals surface area contributed by atoms with Crippen LogP contribution in [0.25, 0.3) is 10.9 Å². The summed E-state index contributed by atoms with van der Waals surface area (Å²) < 4.78 is 5.31. The van der Waals surface area contributed by atoms with Crippen molar-refractivity contribution in [3.8, 4) is 0 Å². The Morgan fingerprint density at radius 2 is 1.53 bits per heavy atom. The lowest BCUT2D eigenvalue weighted by atomic mass is 9.83. The molecule has 1 aliphatic rings. The lowest BCUT2D eigenvalue weighted by molar-refractivity contribution is -0.153. The summed E-state index contributed by atoms with van der Waals surface area (Å²) in [5, 5.41) is 3.66. The Kier molecular flexibility index (Phi) is 6.12.